The average molecular weight is 329 g/mol. The lowest BCUT2D eigenvalue weighted by Crippen LogP contribution is -2.36. The van der Waals surface area contributed by atoms with Crippen LogP contribution in [0.3, 0.4) is 0 Å². The summed E-state index contributed by atoms with van der Waals surface area (Å²) in [6, 6.07) is 11.7. The van der Waals surface area contributed by atoms with Gasteiger partial charge in [-0.05, 0) is 25.5 Å². The molecular formula is C18H23N3O3. The summed E-state index contributed by atoms with van der Waals surface area (Å²) in [7, 11) is 1.35. The van der Waals surface area contributed by atoms with Crippen molar-refractivity contribution in [2.75, 3.05) is 13.7 Å². The molecule has 0 fully saturated rings. The highest BCUT2D eigenvalue weighted by molar-refractivity contribution is 5.90. The first-order valence-electron chi connectivity index (χ1n) is 7.87. The summed E-state index contributed by atoms with van der Waals surface area (Å²) in [5.41, 5.74) is 1.58. The van der Waals surface area contributed by atoms with E-state index in [1.54, 1.807) is 13.0 Å². The second kappa shape index (κ2) is 8.76. The van der Waals surface area contributed by atoms with Gasteiger partial charge in [-0.1, -0.05) is 30.3 Å². The van der Waals surface area contributed by atoms with Crippen LogP contribution in [0, 0.1) is 6.92 Å². The molecule has 0 amide bonds. The Bertz CT molecular complexity index is 693. The van der Waals surface area contributed by atoms with Crippen molar-refractivity contribution in [2.24, 2.45) is 4.99 Å². The van der Waals surface area contributed by atoms with Crippen LogP contribution < -0.4 is 10.6 Å². The number of hydrogen-bond donors (Lipinski definition) is 2. The molecule has 0 aliphatic rings. The molecule has 2 N–H and O–H groups in total. The molecule has 1 heterocycles. The minimum Gasteiger partial charge on any atom is -0.465 e. The first-order valence-corrected chi connectivity index (χ1v) is 7.87. The van der Waals surface area contributed by atoms with Crippen molar-refractivity contribution < 1.29 is 13.9 Å². The van der Waals surface area contributed by atoms with E-state index in [4.69, 9.17) is 9.15 Å². The molecular weight excluding hydrogens is 306 g/mol. The van der Waals surface area contributed by atoms with Crippen LogP contribution in [0.15, 0.2) is 45.8 Å². The molecule has 0 saturated heterocycles. The highest BCUT2D eigenvalue weighted by Gasteiger charge is 2.15. The second-order valence-electron chi connectivity index (χ2n) is 5.21. The minimum atomic E-state index is -0.396. The summed E-state index contributed by atoms with van der Waals surface area (Å²) in [5, 5.41) is 6.38. The number of ether oxygens (including phenoxy) is 1. The molecule has 1 aromatic heterocycles. The number of hydrogen-bond acceptors (Lipinski definition) is 4. The number of aliphatic imine (C=N–C) groups is 1. The fourth-order valence-electron chi connectivity index (χ4n) is 2.21. The molecule has 0 spiro atoms. The molecule has 0 aliphatic carbocycles. The molecule has 0 atom stereocenters. The van der Waals surface area contributed by atoms with Gasteiger partial charge < -0.3 is 19.8 Å². The van der Waals surface area contributed by atoms with Crippen LogP contribution in [0.1, 0.15) is 34.4 Å². The van der Waals surface area contributed by atoms with Crippen LogP contribution in [-0.2, 0) is 17.8 Å². The normalized spacial score (nSPS) is 11.2. The highest BCUT2D eigenvalue weighted by atomic mass is 16.5. The molecule has 128 valence electrons. The summed E-state index contributed by atoms with van der Waals surface area (Å²) < 4.78 is 10.3. The zero-order chi connectivity index (χ0) is 17.4. The van der Waals surface area contributed by atoms with Crippen LogP contribution >= 0.6 is 0 Å². The number of carbonyl (C=O) groups excluding carboxylic acids is 1. The summed E-state index contributed by atoms with van der Waals surface area (Å²) in [4.78, 5) is 16.1. The monoisotopic (exact) mass is 329 g/mol. The SMILES string of the molecule is CCNC(=NCc1ccccc1)NCc1cc(C(=O)OC)c(C)o1. The molecule has 0 aliphatic heterocycles. The zero-order valence-corrected chi connectivity index (χ0v) is 14.3. The van der Waals surface area contributed by atoms with Gasteiger partial charge in [-0.25, -0.2) is 9.79 Å². The number of esters is 1. The number of carbonyl (C=O) groups is 1. The Balaban J connectivity index is 1.99. The van der Waals surface area contributed by atoms with E-state index in [-0.39, 0.29) is 0 Å². The van der Waals surface area contributed by atoms with Gasteiger partial charge in [0.05, 0.1) is 20.2 Å². The van der Waals surface area contributed by atoms with Crippen LogP contribution in [0.2, 0.25) is 0 Å². The van der Waals surface area contributed by atoms with Gasteiger partial charge in [-0.2, -0.15) is 0 Å². The van der Waals surface area contributed by atoms with Crippen LogP contribution in [0.5, 0.6) is 0 Å². The number of aryl methyl sites for hydroxylation is 1. The Labute approximate surface area is 141 Å². The highest BCUT2D eigenvalue weighted by Crippen LogP contribution is 2.15. The summed E-state index contributed by atoms with van der Waals surface area (Å²) in [6.07, 6.45) is 0. The van der Waals surface area contributed by atoms with Crippen LogP contribution in [0.4, 0.5) is 0 Å². The lowest BCUT2D eigenvalue weighted by Gasteiger charge is -2.10. The van der Waals surface area contributed by atoms with E-state index in [0.29, 0.717) is 36.1 Å². The van der Waals surface area contributed by atoms with Crippen molar-refractivity contribution in [3.05, 3.63) is 59.0 Å². The Morgan fingerprint density at radius 3 is 2.67 bits per heavy atom. The third kappa shape index (κ3) is 4.87. The number of guanidine groups is 1. The maximum Gasteiger partial charge on any atom is 0.341 e. The number of rotatable bonds is 6. The zero-order valence-electron chi connectivity index (χ0n) is 14.3. The number of methoxy groups -OCH3 is 1. The standard InChI is InChI=1S/C18H23N3O3/c1-4-19-18(20-11-14-8-6-5-7-9-14)21-12-15-10-16(13(2)24-15)17(22)23-3/h5-10H,4,11-12H2,1-3H3,(H2,19,20,21). The molecule has 0 bridgehead atoms. The van der Waals surface area contributed by atoms with E-state index < -0.39 is 5.97 Å². The van der Waals surface area contributed by atoms with Crippen LogP contribution in [-0.4, -0.2) is 25.6 Å². The number of benzene rings is 1. The lowest BCUT2D eigenvalue weighted by atomic mass is 10.2. The molecule has 1 aromatic carbocycles. The van der Waals surface area contributed by atoms with Gasteiger partial charge in [0.2, 0.25) is 0 Å². The molecule has 2 rings (SSSR count). The second-order valence-corrected chi connectivity index (χ2v) is 5.21. The van der Waals surface area contributed by atoms with E-state index in [9.17, 15) is 4.79 Å². The van der Waals surface area contributed by atoms with Gasteiger partial charge >= 0.3 is 5.97 Å². The van der Waals surface area contributed by atoms with E-state index in [1.807, 2.05) is 37.3 Å². The fraction of sp³-hybridized carbons (Fsp3) is 0.333. The average Bonchev–Trinajstić information content (AvgIpc) is 2.98. The lowest BCUT2D eigenvalue weighted by molar-refractivity contribution is 0.0599. The van der Waals surface area contributed by atoms with Crippen molar-refractivity contribution in [1.29, 1.82) is 0 Å². The van der Waals surface area contributed by atoms with E-state index in [2.05, 4.69) is 15.6 Å². The van der Waals surface area contributed by atoms with E-state index in [1.165, 1.54) is 7.11 Å². The van der Waals surface area contributed by atoms with Crippen molar-refractivity contribution >= 4 is 11.9 Å². The minimum absolute atomic E-state index is 0.396. The third-order valence-corrected chi connectivity index (χ3v) is 3.41. The first kappa shape index (κ1) is 17.6. The van der Waals surface area contributed by atoms with Crippen molar-refractivity contribution in [2.45, 2.75) is 26.9 Å². The maximum atomic E-state index is 11.6. The predicted molar refractivity (Wildman–Crippen MR) is 92.9 cm³/mol. The van der Waals surface area contributed by atoms with Gasteiger partial charge in [0.15, 0.2) is 5.96 Å². The van der Waals surface area contributed by atoms with Gasteiger partial charge in [-0.3, -0.25) is 0 Å². The van der Waals surface area contributed by atoms with Gasteiger partial charge in [0, 0.05) is 6.54 Å². The van der Waals surface area contributed by atoms with Crippen LogP contribution in [0.25, 0.3) is 0 Å². The Morgan fingerprint density at radius 2 is 2.00 bits per heavy atom. The van der Waals surface area contributed by atoms with E-state index >= 15 is 0 Å². The quantitative estimate of drug-likeness (QED) is 0.484. The molecule has 2 aromatic rings. The van der Waals surface area contributed by atoms with Crippen molar-refractivity contribution in [3.63, 3.8) is 0 Å². The molecule has 6 heteroatoms. The van der Waals surface area contributed by atoms with E-state index in [0.717, 1.165) is 12.1 Å². The Hall–Kier alpha value is -2.76. The van der Waals surface area contributed by atoms with Gasteiger partial charge in [-0.15, -0.1) is 0 Å². The van der Waals surface area contributed by atoms with Gasteiger partial charge in [0.25, 0.3) is 0 Å². The molecule has 0 radical (unpaired) electrons. The molecule has 6 nitrogen and oxygen atoms in total. The molecule has 0 saturated carbocycles. The predicted octanol–water partition coefficient (Wildman–Crippen LogP) is 2.63. The fourth-order valence-corrected chi connectivity index (χ4v) is 2.21. The first-order chi connectivity index (χ1) is 11.6. The largest absolute Gasteiger partial charge is 0.465 e. The summed E-state index contributed by atoms with van der Waals surface area (Å²) >= 11 is 0. The molecule has 0 unspecified atom stereocenters. The number of nitrogens with zero attached hydrogens (tertiary/aromatic N) is 1. The topological polar surface area (TPSA) is 75.9 Å². The van der Waals surface area contributed by atoms with Crippen molar-refractivity contribution in [1.82, 2.24) is 10.6 Å². The summed E-state index contributed by atoms with van der Waals surface area (Å²) in [5.74, 6) is 1.49. The third-order valence-electron chi connectivity index (χ3n) is 3.41. The molecule has 24 heavy (non-hydrogen) atoms. The number of furan rings is 1. The van der Waals surface area contributed by atoms with Gasteiger partial charge in [0.1, 0.15) is 17.1 Å². The number of nitrogens with one attached hydrogen (secondary N) is 2. The Morgan fingerprint density at radius 1 is 1.25 bits per heavy atom. The Kier molecular flexibility index (Phi) is 6.42. The smallest absolute Gasteiger partial charge is 0.341 e. The maximum absolute atomic E-state index is 11.6. The summed E-state index contributed by atoms with van der Waals surface area (Å²) in [6.45, 7) is 5.51. The van der Waals surface area contributed by atoms with Crippen molar-refractivity contribution in [3.8, 4) is 0 Å².